The average Bonchev–Trinajstić information content (AvgIpc) is 3.65. The number of imide groups is 1. The highest BCUT2D eigenvalue weighted by Crippen LogP contribution is 2.56. The summed E-state index contributed by atoms with van der Waals surface area (Å²) in [5.41, 5.74) is 4.26. The number of likely N-dealkylation sites (tertiary alicyclic amines) is 1. The molecular weight excluding hydrogens is 502 g/mol. The van der Waals surface area contributed by atoms with Gasteiger partial charge in [-0.05, 0) is 46.9 Å². The van der Waals surface area contributed by atoms with Crippen LogP contribution in [0.4, 0.5) is 0 Å². The maximum atomic E-state index is 13.7. The van der Waals surface area contributed by atoms with Crippen molar-refractivity contribution in [1.29, 1.82) is 0 Å². The van der Waals surface area contributed by atoms with Gasteiger partial charge in [0, 0.05) is 30.7 Å². The minimum atomic E-state index is -0.360. The quantitative estimate of drug-likeness (QED) is 0.220. The zero-order chi connectivity index (χ0) is 27.6. The van der Waals surface area contributed by atoms with E-state index in [0.717, 1.165) is 35.0 Å². The maximum Gasteiger partial charge on any atom is 0.306 e. The number of rotatable bonds is 9. The number of amides is 2. The molecule has 5 atom stereocenters. The summed E-state index contributed by atoms with van der Waals surface area (Å²) in [4.78, 5) is 51.4. The molecule has 0 aromatic heterocycles. The Bertz CT molecular complexity index is 1360. The van der Waals surface area contributed by atoms with Crippen LogP contribution in [0.5, 0.6) is 0 Å². The highest BCUT2D eigenvalue weighted by molar-refractivity contribution is 5.99. The van der Waals surface area contributed by atoms with Crippen LogP contribution in [-0.4, -0.2) is 41.6 Å². The Labute approximate surface area is 234 Å². The molecule has 6 heteroatoms. The zero-order valence-electron chi connectivity index (χ0n) is 22.4. The van der Waals surface area contributed by atoms with Crippen molar-refractivity contribution >= 4 is 24.1 Å². The lowest BCUT2D eigenvalue weighted by atomic mass is 9.80. The summed E-state index contributed by atoms with van der Waals surface area (Å²) >= 11 is 0. The normalized spacial score (nSPS) is 24.8. The SMILES string of the molecule is O=CCCC(=O)OC1CC2CC1C1CN(C(=O)Cc3ccccc3C(c3ccccc3)c3ccccc3)C(=O)C21. The summed E-state index contributed by atoms with van der Waals surface area (Å²) < 4.78 is 5.70. The van der Waals surface area contributed by atoms with Gasteiger partial charge in [0.15, 0.2) is 0 Å². The number of fused-ring (bicyclic) bond motifs is 5. The van der Waals surface area contributed by atoms with E-state index < -0.39 is 0 Å². The van der Waals surface area contributed by atoms with Crippen LogP contribution in [-0.2, 0) is 30.3 Å². The van der Waals surface area contributed by atoms with E-state index in [1.165, 1.54) is 4.90 Å². The van der Waals surface area contributed by atoms with E-state index in [1.807, 2.05) is 54.6 Å². The average molecular weight is 536 g/mol. The van der Waals surface area contributed by atoms with E-state index in [-0.39, 0.29) is 72.7 Å². The third-order valence-corrected chi connectivity index (χ3v) is 9.07. The Morgan fingerprint density at radius 2 is 1.52 bits per heavy atom. The molecule has 40 heavy (non-hydrogen) atoms. The van der Waals surface area contributed by atoms with Gasteiger partial charge >= 0.3 is 5.97 Å². The number of benzene rings is 3. The van der Waals surface area contributed by atoms with E-state index in [2.05, 4.69) is 30.3 Å². The van der Waals surface area contributed by atoms with Gasteiger partial charge in [0.2, 0.25) is 11.8 Å². The molecule has 3 aliphatic rings. The molecule has 1 aliphatic heterocycles. The fourth-order valence-corrected chi connectivity index (χ4v) is 7.39. The van der Waals surface area contributed by atoms with Gasteiger partial charge in [0.25, 0.3) is 0 Å². The predicted octanol–water partition coefficient (Wildman–Crippen LogP) is 4.94. The molecule has 3 aromatic rings. The molecule has 3 fully saturated rings. The van der Waals surface area contributed by atoms with E-state index >= 15 is 0 Å². The fraction of sp³-hybridized carbons (Fsp3) is 0.353. The van der Waals surface area contributed by atoms with Crippen molar-refractivity contribution in [3.8, 4) is 0 Å². The molecule has 2 aliphatic carbocycles. The van der Waals surface area contributed by atoms with Gasteiger partial charge in [0.05, 0.1) is 12.8 Å². The number of aldehydes is 1. The molecule has 6 nitrogen and oxygen atoms in total. The third kappa shape index (κ3) is 4.87. The Balaban J connectivity index is 1.21. The predicted molar refractivity (Wildman–Crippen MR) is 149 cm³/mol. The van der Waals surface area contributed by atoms with E-state index in [9.17, 15) is 19.2 Å². The molecule has 3 aromatic carbocycles. The Morgan fingerprint density at radius 3 is 2.20 bits per heavy atom. The lowest BCUT2D eigenvalue weighted by molar-refractivity contribution is -0.153. The van der Waals surface area contributed by atoms with Gasteiger partial charge in [-0.2, -0.15) is 0 Å². The molecule has 0 radical (unpaired) electrons. The van der Waals surface area contributed by atoms with Gasteiger partial charge < -0.3 is 9.53 Å². The number of esters is 1. The molecule has 1 heterocycles. The second kappa shape index (κ2) is 11.2. The van der Waals surface area contributed by atoms with Crippen LogP contribution in [0.3, 0.4) is 0 Å². The molecule has 1 saturated heterocycles. The minimum absolute atomic E-state index is 0.0238. The summed E-state index contributed by atoms with van der Waals surface area (Å²) in [6, 6.07) is 28.6. The van der Waals surface area contributed by atoms with Crippen molar-refractivity contribution in [2.24, 2.45) is 23.7 Å². The number of nitrogens with zero attached hydrogens (tertiary/aromatic N) is 1. The molecule has 6 rings (SSSR count). The molecule has 0 N–H and O–H groups in total. The summed E-state index contributed by atoms with van der Waals surface area (Å²) in [6.45, 7) is 0.384. The van der Waals surface area contributed by atoms with Gasteiger partial charge in [-0.25, -0.2) is 0 Å². The van der Waals surface area contributed by atoms with E-state index in [4.69, 9.17) is 4.74 Å². The van der Waals surface area contributed by atoms with Gasteiger partial charge in [0.1, 0.15) is 12.4 Å². The first-order chi connectivity index (χ1) is 19.5. The number of carbonyl (C=O) groups is 4. The number of hydrogen-bond acceptors (Lipinski definition) is 5. The van der Waals surface area contributed by atoms with Crippen LogP contribution in [0.25, 0.3) is 0 Å². The van der Waals surface area contributed by atoms with Gasteiger partial charge in [-0.1, -0.05) is 84.9 Å². The van der Waals surface area contributed by atoms with Crippen molar-refractivity contribution in [3.63, 3.8) is 0 Å². The fourth-order valence-electron chi connectivity index (χ4n) is 7.39. The van der Waals surface area contributed by atoms with Crippen LogP contribution in [0.15, 0.2) is 84.9 Å². The smallest absolute Gasteiger partial charge is 0.306 e. The topological polar surface area (TPSA) is 80.8 Å². The molecule has 2 bridgehead atoms. The summed E-state index contributed by atoms with van der Waals surface area (Å²) in [5, 5.41) is 0. The van der Waals surface area contributed by atoms with Crippen LogP contribution < -0.4 is 0 Å². The van der Waals surface area contributed by atoms with Crippen LogP contribution in [0.2, 0.25) is 0 Å². The Kier molecular flexibility index (Phi) is 7.33. The van der Waals surface area contributed by atoms with Crippen molar-refractivity contribution in [2.75, 3.05) is 6.54 Å². The molecule has 2 saturated carbocycles. The zero-order valence-corrected chi connectivity index (χ0v) is 22.4. The lowest BCUT2D eigenvalue weighted by Gasteiger charge is -2.29. The third-order valence-electron chi connectivity index (χ3n) is 9.07. The first-order valence-corrected chi connectivity index (χ1v) is 14.2. The summed E-state index contributed by atoms with van der Waals surface area (Å²) in [6.07, 6.45) is 2.39. The first-order valence-electron chi connectivity index (χ1n) is 14.2. The minimum Gasteiger partial charge on any atom is -0.462 e. The standard InChI is InChI=1S/C34H33NO5/c36-17-9-16-31(38)40-29-19-25-18-27(29)28-21-35(34(39)33(25)28)30(37)20-24-14-7-8-15-26(24)32(22-10-3-1-4-11-22)23-12-5-2-6-13-23/h1-8,10-15,17,25,27-29,32-33H,9,16,18-21H2. The summed E-state index contributed by atoms with van der Waals surface area (Å²) in [7, 11) is 0. The number of carbonyl (C=O) groups excluding carboxylic acids is 4. The van der Waals surface area contributed by atoms with Crippen LogP contribution in [0.1, 0.15) is 53.9 Å². The van der Waals surface area contributed by atoms with Crippen LogP contribution >= 0.6 is 0 Å². The monoisotopic (exact) mass is 535 g/mol. The highest BCUT2D eigenvalue weighted by atomic mass is 16.5. The number of hydrogen-bond donors (Lipinski definition) is 0. The Morgan fingerprint density at radius 1 is 0.875 bits per heavy atom. The lowest BCUT2D eigenvalue weighted by Crippen LogP contribution is -2.36. The van der Waals surface area contributed by atoms with Crippen molar-refractivity contribution in [2.45, 2.75) is 44.1 Å². The molecule has 2 amide bonds. The van der Waals surface area contributed by atoms with Crippen LogP contribution in [0, 0.1) is 23.7 Å². The van der Waals surface area contributed by atoms with Crippen molar-refractivity contribution in [1.82, 2.24) is 4.90 Å². The molecule has 0 spiro atoms. The van der Waals surface area contributed by atoms with E-state index in [1.54, 1.807) is 0 Å². The van der Waals surface area contributed by atoms with Gasteiger partial charge in [-0.3, -0.25) is 19.3 Å². The van der Waals surface area contributed by atoms with E-state index in [0.29, 0.717) is 13.0 Å². The highest BCUT2D eigenvalue weighted by Gasteiger charge is 2.61. The molecule has 204 valence electrons. The number of ether oxygens (including phenoxy) is 1. The first kappa shape index (κ1) is 26.2. The summed E-state index contributed by atoms with van der Waals surface area (Å²) in [5.74, 6) is -0.570. The maximum absolute atomic E-state index is 13.7. The van der Waals surface area contributed by atoms with Gasteiger partial charge in [-0.15, -0.1) is 0 Å². The Hall–Kier alpha value is -4.06. The second-order valence-corrected chi connectivity index (χ2v) is 11.3. The molecular formula is C34H33NO5. The largest absolute Gasteiger partial charge is 0.462 e. The molecule has 5 unspecified atom stereocenters. The second-order valence-electron chi connectivity index (χ2n) is 11.3. The van der Waals surface area contributed by atoms with Crippen molar-refractivity contribution < 1.29 is 23.9 Å². The van der Waals surface area contributed by atoms with Crippen molar-refractivity contribution in [3.05, 3.63) is 107 Å².